The Labute approximate surface area is 168 Å². The van der Waals surface area contributed by atoms with Gasteiger partial charge in [-0.15, -0.1) is 0 Å². The molecule has 0 saturated carbocycles. The van der Waals surface area contributed by atoms with Gasteiger partial charge < -0.3 is 14.6 Å². The number of hydrogen-bond donors (Lipinski definition) is 1. The Morgan fingerprint density at radius 1 is 1.17 bits per heavy atom. The van der Waals surface area contributed by atoms with E-state index in [2.05, 4.69) is 9.97 Å². The van der Waals surface area contributed by atoms with E-state index < -0.39 is 14.9 Å². The van der Waals surface area contributed by atoms with Crippen molar-refractivity contribution in [2.24, 2.45) is 0 Å². The molecule has 1 N–H and O–H groups in total. The fraction of sp³-hybridized carbons (Fsp3) is 0.500. The van der Waals surface area contributed by atoms with Crippen LogP contribution in [0.25, 0.3) is 0 Å². The van der Waals surface area contributed by atoms with Crippen molar-refractivity contribution in [3.8, 4) is 0 Å². The van der Waals surface area contributed by atoms with Crippen molar-refractivity contribution in [2.45, 2.75) is 23.7 Å². The number of aromatic amines is 1. The summed E-state index contributed by atoms with van der Waals surface area (Å²) in [5.74, 6) is 1.23. The molecule has 0 spiro atoms. The summed E-state index contributed by atoms with van der Waals surface area (Å²) in [4.78, 5) is 20.5. The number of hydrogen-bond acceptors (Lipinski definition) is 7. The number of piperidine rings is 1. The van der Waals surface area contributed by atoms with Gasteiger partial charge >= 0.3 is 0 Å². The molecular formula is C18H23N5O5S. The first-order valence-corrected chi connectivity index (χ1v) is 11.0. The minimum atomic E-state index is -3.79. The molecule has 0 aliphatic carbocycles. The third-order valence-electron chi connectivity index (χ3n) is 5.49. The van der Waals surface area contributed by atoms with E-state index in [1.807, 2.05) is 4.90 Å². The van der Waals surface area contributed by atoms with Gasteiger partial charge in [0, 0.05) is 50.6 Å². The number of morpholine rings is 1. The molecule has 10 nitrogen and oxygen atoms in total. The second kappa shape index (κ2) is 8.09. The number of nitrogens with zero attached hydrogens (tertiary/aromatic N) is 4. The van der Waals surface area contributed by atoms with Gasteiger partial charge in [0.25, 0.3) is 5.69 Å². The average molecular weight is 421 g/mol. The summed E-state index contributed by atoms with van der Waals surface area (Å²) in [6.45, 7) is 2.42. The minimum absolute atomic E-state index is 0.0553. The second-order valence-corrected chi connectivity index (χ2v) is 9.10. The molecule has 11 heteroatoms. The zero-order chi connectivity index (χ0) is 20.4. The first kappa shape index (κ1) is 19.8. The maximum Gasteiger partial charge on any atom is 0.293 e. The maximum atomic E-state index is 12.8. The third kappa shape index (κ3) is 3.98. The van der Waals surface area contributed by atoms with Gasteiger partial charge in [-0.25, -0.2) is 13.4 Å². The van der Waals surface area contributed by atoms with Crippen LogP contribution >= 0.6 is 0 Å². The molecule has 2 fully saturated rings. The first-order chi connectivity index (χ1) is 14.0. The van der Waals surface area contributed by atoms with E-state index in [-0.39, 0.29) is 23.7 Å². The van der Waals surface area contributed by atoms with Crippen LogP contribution in [-0.4, -0.2) is 67.0 Å². The first-order valence-electron chi connectivity index (χ1n) is 9.57. The van der Waals surface area contributed by atoms with Gasteiger partial charge in [0.1, 0.15) is 11.5 Å². The van der Waals surface area contributed by atoms with Gasteiger partial charge in [0.05, 0.1) is 23.0 Å². The predicted octanol–water partition coefficient (Wildman–Crippen LogP) is 1.72. The fourth-order valence-corrected chi connectivity index (χ4v) is 5.34. The van der Waals surface area contributed by atoms with Gasteiger partial charge in [-0.3, -0.25) is 10.1 Å². The highest BCUT2D eigenvalue weighted by atomic mass is 32.2. The standard InChI is InChI=1S/C18H23N5O5S/c24-23(25)17-13-15(29(26,27)22-9-11-28-12-10-22)1-2-16(17)21-7-3-14(4-8-21)18-19-5-6-20-18/h1-2,5-6,13-14H,3-4,7-12H2,(H,19,20). The van der Waals surface area contributed by atoms with Crippen LogP contribution in [-0.2, 0) is 14.8 Å². The van der Waals surface area contributed by atoms with Gasteiger partial charge in [-0.2, -0.15) is 4.31 Å². The van der Waals surface area contributed by atoms with E-state index >= 15 is 0 Å². The van der Waals surface area contributed by atoms with E-state index in [1.165, 1.54) is 16.4 Å². The molecule has 2 aromatic rings. The van der Waals surface area contributed by atoms with Gasteiger partial charge in [0.2, 0.25) is 10.0 Å². The molecule has 2 saturated heterocycles. The van der Waals surface area contributed by atoms with Crippen molar-refractivity contribution in [3.05, 3.63) is 46.5 Å². The molecule has 2 aliphatic rings. The molecule has 29 heavy (non-hydrogen) atoms. The van der Waals surface area contributed by atoms with E-state index in [0.29, 0.717) is 37.9 Å². The number of anilines is 1. The fourth-order valence-electron chi connectivity index (χ4n) is 3.91. The third-order valence-corrected chi connectivity index (χ3v) is 7.39. The van der Waals surface area contributed by atoms with Crippen LogP contribution in [0.4, 0.5) is 11.4 Å². The van der Waals surface area contributed by atoms with Crippen molar-refractivity contribution in [1.29, 1.82) is 0 Å². The van der Waals surface area contributed by atoms with Crippen LogP contribution in [0, 0.1) is 10.1 Å². The number of rotatable bonds is 5. The molecule has 0 unspecified atom stereocenters. The smallest absolute Gasteiger partial charge is 0.293 e. The molecule has 0 atom stereocenters. The van der Waals surface area contributed by atoms with Crippen molar-refractivity contribution in [3.63, 3.8) is 0 Å². The number of imidazole rings is 1. The van der Waals surface area contributed by atoms with Crippen LogP contribution in [0.5, 0.6) is 0 Å². The van der Waals surface area contributed by atoms with Crippen LogP contribution in [0.2, 0.25) is 0 Å². The van der Waals surface area contributed by atoms with E-state index in [0.717, 1.165) is 18.7 Å². The number of nitrogens with one attached hydrogen (secondary N) is 1. The molecule has 0 amide bonds. The highest BCUT2D eigenvalue weighted by molar-refractivity contribution is 7.89. The summed E-state index contributed by atoms with van der Waals surface area (Å²) in [5.41, 5.74) is 0.268. The van der Waals surface area contributed by atoms with Gasteiger partial charge in [-0.05, 0) is 25.0 Å². The maximum absolute atomic E-state index is 12.8. The lowest BCUT2D eigenvalue weighted by Crippen LogP contribution is -2.40. The summed E-state index contributed by atoms with van der Waals surface area (Å²) in [6, 6.07) is 4.20. The number of H-pyrrole nitrogens is 1. The molecule has 4 rings (SSSR count). The van der Waals surface area contributed by atoms with Crippen molar-refractivity contribution in [2.75, 3.05) is 44.3 Å². The number of benzene rings is 1. The summed E-state index contributed by atoms with van der Waals surface area (Å²) in [7, 11) is -3.79. The number of aromatic nitrogens is 2. The summed E-state index contributed by atoms with van der Waals surface area (Å²) >= 11 is 0. The molecule has 0 bridgehead atoms. The molecular weight excluding hydrogens is 398 g/mol. The largest absolute Gasteiger partial charge is 0.379 e. The number of ether oxygens (including phenoxy) is 1. The molecule has 1 aromatic heterocycles. The monoisotopic (exact) mass is 421 g/mol. The summed E-state index contributed by atoms with van der Waals surface area (Å²) < 4.78 is 32.2. The van der Waals surface area contributed by atoms with Crippen molar-refractivity contribution < 1.29 is 18.1 Å². The zero-order valence-corrected chi connectivity index (χ0v) is 16.7. The highest BCUT2D eigenvalue weighted by Crippen LogP contribution is 2.35. The lowest BCUT2D eigenvalue weighted by Gasteiger charge is -2.32. The molecule has 156 valence electrons. The Morgan fingerprint density at radius 3 is 2.52 bits per heavy atom. The topological polar surface area (TPSA) is 122 Å². The van der Waals surface area contributed by atoms with Crippen molar-refractivity contribution >= 4 is 21.4 Å². The van der Waals surface area contributed by atoms with Crippen LogP contribution in [0.1, 0.15) is 24.6 Å². The van der Waals surface area contributed by atoms with Gasteiger partial charge in [-0.1, -0.05) is 0 Å². The molecule has 0 radical (unpaired) electrons. The van der Waals surface area contributed by atoms with Crippen LogP contribution < -0.4 is 4.90 Å². The van der Waals surface area contributed by atoms with E-state index in [9.17, 15) is 18.5 Å². The van der Waals surface area contributed by atoms with E-state index in [1.54, 1.807) is 18.5 Å². The van der Waals surface area contributed by atoms with Gasteiger partial charge in [0.15, 0.2) is 0 Å². The minimum Gasteiger partial charge on any atom is -0.379 e. The molecule has 3 heterocycles. The lowest BCUT2D eigenvalue weighted by atomic mass is 9.95. The molecule has 1 aromatic carbocycles. The summed E-state index contributed by atoms with van der Waals surface area (Å²) in [5, 5.41) is 11.7. The SMILES string of the molecule is O=[N+]([O-])c1cc(S(=O)(=O)N2CCOCC2)ccc1N1CCC(c2ncc[nH]2)CC1. The number of nitro groups is 1. The predicted molar refractivity (Wildman–Crippen MR) is 105 cm³/mol. The summed E-state index contributed by atoms with van der Waals surface area (Å²) in [6.07, 6.45) is 5.15. The Morgan fingerprint density at radius 2 is 1.90 bits per heavy atom. The number of nitro benzene ring substituents is 1. The van der Waals surface area contributed by atoms with Crippen LogP contribution in [0.3, 0.4) is 0 Å². The number of sulfonamides is 1. The quantitative estimate of drug-likeness (QED) is 0.576. The zero-order valence-electron chi connectivity index (χ0n) is 15.9. The Hall–Kier alpha value is -2.50. The Bertz CT molecular complexity index is 965. The Balaban J connectivity index is 1.56. The Kier molecular flexibility index (Phi) is 5.52. The highest BCUT2D eigenvalue weighted by Gasteiger charge is 2.31. The normalized spacial score (nSPS) is 19.4. The van der Waals surface area contributed by atoms with Crippen LogP contribution in [0.15, 0.2) is 35.5 Å². The van der Waals surface area contributed by atoms with Crippen molar-refractivity contribution in [1.82, 2.24) is 14.3 Å². The lowest BCUT2D eigenvalue weighted by molar-refractivity contribution is -0.384. The average Bonchev–Trinajstić information content (AvgIpc) is 3.29. The molecule has 2 aliphatic heterocycles. The second-order valence-electron chi connectivity index (χ2n) is 7.16. The van der Waals surface area contributed by atoms with E-state index in [4.69, 9.17) is 4.74 Å².